The van der Waals surface area contributed by atoms with E-state index >= 15 is 0 Å². The van der Waals surface area contributed by atoms with Gasteiger partial charge in [0.2, 0.25) is 5.82 Å². The van der Waals surface area contributed by atoms with Crippen LogP contribution in [0.2, 0.25) is 5.02 Å². The Balaban J connectivity index is 2.59. The molecule has 0 bridgehead atoms. The summed E-state index contributed by atoms with van der Waals surface area (Å²) in [5.41, 5.74) is -1.31. The van der Waals surface area contributed by atoms with Crippen molar-refractivity contribution in [2.24, 2.45) is 7.05 Å². The second-order valence-corrected chi connectivity index (χ2v) is 6.73. The molecule has 0 atom stereocenters. The molecule has 0 fully saturated rings. The largest absolute Gasteiger partial charge is 0.334 e. The lowest BCUT2D eigenvalue weighted by Gasteiger charge is -2.08. The van der Waals surface area contributed by atoms with E-state index in [1.807, 2.05) is 4.72 Å². The third-order valence-electron chi connectivity index (χ3n) is 3.01. The van der Waals surface area contributed by atoms with Crippen molar-refractivity contribution >= 4 is 38.8 Å². The van der Waals surface area contributed by atoms with E-state index in [1.54, 1.807) is 0 Å². The zero-order valence-electron chi connectivity index (χ0n) is 12.3. The SMILES string of the molecule is Cc1nn(C)c(NS(=O)(=O)c2ccc(Cl)cc2[N+](=O)[O-])c1[N+](=O)[O-]. The van der Waals surface area contributed by atoms with Gasteiger partial charge in [-0.3, -0.25) is 25.0 Å². The second-order valence-electron chi connectivity index (χ2n) is 4.64. The minimum absolute atomic E-state index is 0.00851. The molecule has 11 nitrogen and oxygen atoms in total. The van der Waals surface area contributed by atoms with Gasteiger partial charge in [-0.05, 0) is 19.1 Å². The Morgan fingerprint density at radius 1 is 1.25 bits per heavy atom. The van der Waals surface area contributed by atoms with Crippen molar-refractivity contribution in [3.8, 4) is 0 Å². The molecule has 0 aliphatic rings. The smallest absolute Gasteiger partial charge is 0.258 e. The molecule has 0 aliphatic heterocycles. The van der Waals surface area contributed by atoms with Crippen molar-refractivity contribution in [3.63, 3.8) is 0 Å². The molecule has 2 aromatic rings. The maximum absolute atomic E-state index is 12.5. The van der Waals surface area contributed by atoms with Gasteiger partial charge in [0, 0.05) is 18.1 Å². The van der Waals surface area contributed by atoms with Crippen LogP contribution >= 0.6 is 11.6 Å². The molecule has 0 aliphatic carbocycles. The number of benzene rings is 1. The summed E-state index contributed by atoms with van der Waals surface area (Å²) in [6.07, 6.45) is 0. The van der Waals surface area contributed by atoms with Gasteiger partial charge in [0.15, 0.2) is 4.90 Å². The summed E-state index contributed by atoms with van der Waals surface area (Å²) in [6.45, 7) is 1.33. The highest BCUT2D eigenvalue weighted by Gasteiger charge is 2.32. The van der Waals surface area contributed by atoms with Gasteiger partial charge in [0.25, 0.3) is 15.7 Å². The van der Waals surface area contributed by atoms with Crippen molar-refractivity contribution < 1.29 is 18.3 Å². The topological polar surface area (TPSA) is 150 Å². The highest BCUT2D eigenvalue weighted by Crippen LogP contribution is 2.32. The van der Waals surface area contributed by atoms with E-state index in [2.05, 4.69) is 5.10 Å². The number of aromatic nitrogens is 2. The van der Waals surface area contributed by atoms with E-state index in [1.165, 1.54) is 14.0 Å². The number of hydrogen-bond acceptors (Lipinski definition) is 7. The minimum atomic E-state index is -4.49. The lowest BCUT2D eigenvalue weighted by Crippen LogP contribution is -2.17. The summed E-state index contributed by atoms with van der Waals surface area (Å²) in [7, 11) is -3.19. The number of aryl methyl sites for hydroxylation is 2. The van der Waals surface area contributed by atoms with Gasteiger partial charge in [0.05, 0.1) is 9.85 Å². The third-order valence-corrected chi connectivity index (χ3v) is 4.63. The van der Waals surface area contributed by atoms with E-state index in [4.69, 9.17) is 11.6 Å². The molecule has 13 heteroatoms. The van der Waals surface area contributed by atoms with Crippen LogP contribution in [-0.2, 0) is 17.1 Å². The molecule has 1 aromatic heterocycles. The highest BCUT2D eigenvalue weighted by molar-refractivity contribution is 7.92. The van der Waals surface area contributed by atoms with Gasteiger partial charge in [-0.25, -0.2) is 13.1 Å². The first-order chi connectivity index (χ1) is 11.0. The summed E-state index contributed by atoms with van der Waals surface area (Å²) in [4.78, 5) is 19.8. The van der Waals surface area contributed by atoms with Crippen LogP contribution in [0.15, 0.2) is 23.1 Å². The molecule has 0 unspecified atom stereocenters. The van der Waals surface area contributed by atoms with Crippen LogP contribution in [0.1, 0.15) is 5.69 Å². The van der Waals surface area contributed by atoms with E-state index in [-0.39, 0.29) is 10.7 Å². The van der Waals surface area contributed by atoms with Gasteiger partial charge in [0.1, 0.15) is 5.69 Å². The van der Waals surface area contributed by atoms with Gasteiger partial charge in [-0.15, -0.1) is 0 Å². The molecule has 1 N–H and O–H groups in total. The van der Waals surface area contributed by atoms with Crippen molar-refractivity contribution in [2.75, 3.05) is 4.72 Å². The van der Waals surface area contributed by atoms with E-state index in [0.29, 0.717) is 0 Å². The van der Waals surface area contributed by atoms with Crippen LogP contribution in [0.3, 0.4) is 0 Å². The molecule has 1 aromatic carbocycles. The summed E-state index contributed by atoms with van der Waals surface area (Å²) in [5.74, 6) is -0.415. The van der Waals surface area contributed by atoms with Gasteiger partial charge in [-0.2, -0.15) is 5.10 Å². The number of sulfonamides is 1. The first-order valence-corrected chi connectivity index (χ1v) is 8.05. The Morgan fingerprint density at radius 2 is 1.88 bits per heavy atom. The standard InChI is InChI=1S/C11H10ClN5O6S/c1-6-10(17(20)21)11(15(2)13-6)14-24(22,23)9-4-3-7(12)5-8(9)16(18)19/h3-5,14H,1-2H3. The predicted molar refractivity (Wildman–Crippen MR) is 83.5 cm³/mol. The number of nitrogens with zero attached hydrogens (tertiary/aromatic N) is 4. The van der Waals surface area contributed by atoms with E-state index in [0.717, 1.165) is 22.9 Å². The molecule has 0 saturated heterocycles. The summed E-state index contributed by atoms with van der Waals surface area (Å²) < 4.78 is 27.8. The van der Waals surface area contributed by atoms with Crippen LogP contribution in [0, 0.1) is 27.2 Å². The van der Waals surface area contributed by atoms with Gasteiger partial charge in [-0.1, -0.05) is 11.6 Å². The Morgan fingerprint density at radius 3 is 2.42 bits per heavy atom. The van der Waals surface area contributed by atoms with Crippen molar-refractivity contribution in [3.05, 3.63) is 49.1 Å². The molecule has 0 radical (unpaired) electrons. The quantitative estimate of drug-likeness (QED) is 0.619. The molecule has 0 spiro atoms. The molecule has 128 valence electrons. The van der Waals surface area contributed by atoms with Crippen LogP contribution < -0.4 is 4.72 Å². The average molecular weight is 376 g/mol. The Bertz CT molecular complexity index is 954. The monoisotopic (exact) mass is 375 g/mol. The Hall–Kier alpha value is -2.73. The lowest BCUT2D eigenvalue weighted by molar-refractivity contribution is -0.387. The van der Waals surface area contributed by atoms with Gasteiger partial charge < -0.3 is 0 Å². The number of anilines is 1. The normalized spacial score (nSPS) is 11.3. The lowest BCUT2D eigenvalue weighted by atomic mass is 10.3. The molecule has 0 saturated carbocycles. The molecule has 2 rings (SSSR count). The first-order valence-electron chi connectivity index (χ1n) is 6.19. The molecular formula is C11H10ClN5O6S. The number of nitro benzene ring substituents is 1. The molecule has 24 heavy (non-hydrogen) atoms. The number of nitro groups is 2. The van der Waals surface area contributed by atoms with E-state index in [9.17, 15) is 28.6 Å². The average Bonchev–Trinajstić information content (AvgIpc) is 2.72. The summed E-state index contributed by atoms with van der Waals surface area (Å²) in [5, 5.41) is 25.9. The zero-order chi connectivity index (χ0) is 18.2. The second kappa shape index (κ2) is 6.05. The third kappa shape index (κ3) is 3.14. The Labute approximate surface area is 140 Å². The van der Waals surface area contributed by atoms with E-state index < -0.39 is 42.0 Å². The minimum Gasteiger partial charge on any atom is -0.258 e. The van der Waals surface area contributed by atoms with Crippen molar-refractivity contribution in [1.82, 2.24) is 9.78 Å². The summed E-state index contributed by atoms with van der Waals surface area (Å²) >= 11 is 5.64. The maximum Gasteiger partial charge on any atom is 0.334 e. The molecule has 1 heterocycles. The van der Waals surface area contributed by atoms with Crippen LogP contribution in [-0.4, -0.2) is 28.0 Å². The fourth-order valence-electron chi connectivity index (χ4n) is 2.02. The fraction of sp³-hybridized carbons (Fsp3) is 0.182. The van der Waals surface area contributed by atoms with Crippen molar-refractivity contribution in [1.29, 1.82) is 0 Å². The maximum atomic E-state index is 12.5. The molecular weight excluding hydrogens is 366 g/mol. The Kier molecular flexibility index (Phi) is 4.44. The van der Waals surface area contributed by atoms with Crippen molar-refractivity contribution in [2.45, 2.75) is 11.8 Å². The number of halogens is 1. The number of hydrogen-bond donors (Lipinski definition) is 1. The molecule has 0 amide bonds. The number of nitrogens with one attached hydrogen (secondary N) is 1. The van der Waals surface area contributed by atoms with Crippen LogP contribution in [0.25, 0.3) is 0 Å². The van der Waals surface area contributed by atoms with Gasteiger partial charge >= 0.3 is 5.69 Å². The zero-order valence-corrected chi connectivity index (χ0v) is 13.8. The van der Waals surface area contributed by atoms with Crippen LogP contribution in [0.5, 0.6) is 0 Å². The first kappa shape index (κ1) is 17.6. The predicted octanol–water partition coefficient (Wildman–Crippen LogP) is 2.00. The summed E-state index contributed by atoms with van der Waals surface area (Å²) in [6, 6.07) is 2.98. The fourth-order valence-corrected chi connectivity index (χ4v) is 3.44. The van der Waals surface area contributed by atoms with Crippen LogP contribution in [0.4, 0.5) is 17.2 Å². The number of rotatable bonds is 5. The highest BCUT2D eigenvalue weighted by atomic mass is 35.5.